The number of nitrogens with zero attached hydrogens (tertiary/aromatic N) is 4. The number of hydrogen-bond donors (Lipinski definition) is 0. The number of halogens is 5. The lowest BCUT2D eigenvalue weighted by atomic mass is 10.2. The number of benzene rings is 1. The van der Waals surface area contributed by atoms with E-state index >= 15 is 0 Å². The summed E-state index contributed by atoms with van der Waals surface area (Å²) >= 11 is 0. The predicted molar refractivity (Wildman–Crippen MR) is 64.9 cm³/mol. The van der Waals surface area contributed by atoms with Gasteiger partial charge >= 0.3 is 12.1 Å². The standard InChI is InChI=1S/C12H11F5N4O/c1-2-6-22-9-5-3-4-8(7-9)21-10(18-19-20-21)11(13,14)12(15,16)17/h3-5,7H,2,6H2,1H3. The zero-order valence-electron chi connectivity index (χ0n) is 11.3. The van der Waals surface area contributed by atoms with Gasteiger partial charge in [-0.1, -0.05) is 13.0 Å². The van der Waals surface area contributed by atoms with Gasteiger partial charge in [-0.05, 0) is 29.0 Å². The van der Waals surface area contributed by atoms with Gasteiger partial charge in [0, 0.05) is 6.07 Å². The second-order valence-electron chi connectivity index (χ2n) is 4.33. The van der Waals surface area contributed by atoms with Crippen LogP contribution in [0.4, 0.5) is 22.0 Å². The first-order chi connectivity index (χ1) is 10.3. The smallest absolute Gasteiger partial charge is 0.461 e. The summed E-state index contributed by atoms with van der Waals surface area (Å²) in [6.45, 7) is 2.25. The molecule has 1 aromatic carbocycles. The molecule has 22 heavy (non-hydrogen) atoms. The van der Waals surface area contributed by atoms with E-state index in [0.717, 1.165) is 0 Å². The van der Waals surface area contributed by atoms with Gasteiger partial charge in [0.15, 0.2) is 0 Å². The highest BCUT2D eigenvalue weighted by Crippen LogP contribution is 2.43. The van der Waals surface area contributed by atoms with Gasteiger partial charge in [-0.2, -0.15) is 26.6 Å². The zero-order valence-corrected chi connectivity index (χ0v) is 11.3. The maximum atomic E-state index is 13.4. The summed E-state index contributed by atoms with van der Waals surface area (Å²) in [5, 5.41) is 8.93. The van der Waals surface area contributed by atoms with Crippen molar-refractivity contribution in [3.05, 3.63) is 30.1 Å². The Morgan fingerprint density at radius 1 is 1.18 bits per heavy atom. The molecule has 0 unspecified atom stereocenters. The molecule has 0 aliphatic carbocycles. The summed E-state index contributed by atoms with van der Waals surface area (Å²) < 4.78 is 69.9. The van der Waals surface area contributed by atoms with E-state index in [2.05, 4.69) is 15.5 Å². The van der Waals surface area contributed by atoms with E-state index in [-0.39, 0.29) is 5.69 Å². The summed E-state index contributed by atoms with van der Waals surface area (Å²) in [6, 6.07) is 5.57. The highest BCUT2D eigenvalue weighted by atomic mass is 19.4. The largest absolute Gasteiger partial charge is 0.494 e. The van der Waals surface area contributed by atoms with Crippen molar-refractivity contribution in [3.8, 4) is 11.4 Å². The molecule has 0 N–H and O–H groups in total. The minimum Gasteiger partial charge on any atom is -0.494 e. The molecule has 0 saturated heterocycles. The Kier molecular flexibility index (Phi) is 4.29. The summed E-state index contributed by atoms with van der Waals surface area (Å²) in [5.41, 5.74) is -0.0578. The lowest BCUT2D eigenvalue weighted by Crippen LogP contribution is -2.36. The first-order valence-corrected chi connectivity index (χ1v) is 6.24. The van der Waals surface area contributed by atoms with Crippen molar-refractivity contribution in [1.29, 1.82) is 0 Å². The Morgan fingerprint density at radius 3 is 2.55 bits per heavy atom. The van der Waals surface area contributed by atoms with Crippen LogP contribution in [0.15, 0.2) is 24.3 Å². The van der Waals surface area contributed by atoms with Crippen LogP contribution < -0.4 is 4.74 Å². The third-order valence-electron chi connectivity index (χ3n) is 2.64. The number of aromatic nitrogens is 4. The van der Waals surface area contributed by atoms with Crippen LogP contribution in [0.3, 0.4) is 0 Å². The van der Waals surface area contributed by atoms with Crippen molar-refractivity contribution in [1.82, 2.24) is 20.2 Å². The Hall–Kier alpha value is -2.26. The van der Waals surface area contributed by atoms with Gasteiger partial charge in [-0.3, -0.25) is 0 Å². The molecule has 0 saturated carbocycles. The van der Waals surface area contributed by atoms with Crippen LogP contribution in [0.5, 0.6) is 5.75 Å². The van der Waals surface area contributed by atoms with E-state index < -0.39 is 17.9 Å². The molecule has 2 aromatic rings. The molecule has 0 fully saturated rings. The number of ether oxygens (including phenoxy) is 1. The lowest BCUT2D eigenvalue weighted by Gasteiger charge is -2.18. The molecule has 0 spiro atoms. The van der Waals surface area contributed by atoms with Crippen molar-refractivity contribution < 1.29 is 26.7 Å². The second kappa shape index (κ2) is 5.85. The average molecular weight is 322 g/mol. The van der Waals surface area contributed by atoms with Crippen molar-refractivity contribution in [3.63, 3.8) is 0 Å². The van der Waals surface area contributed by atoms with Crippen molar-refractivity contribution in [2.45, 2.75) is 25.4 Å². The average Bonchev–Trinajstić information content (AvgIpc) is 2.94. The molecule has 120 valence electrons. The minimum atomic E-state index is -5.80. The van der Waals surface area contributed by atoms with Crippen LogP contribution in [0.25, 0.3) is 5.69 Å². The fourth-order valence-corrected chi connectivity index (χ4v) is 1.61. The molecular formula is C12H11F5N4O. The summed E-state index contributed by atoms with van der Waals surface area (Å²) in [7, 11) is 0. The quantitative estimate of drug-likeness (QED) is 0.794. The maximum absolute atomic E-state index is 13.4. The molecule has 0 aliphatic heterocycles. The molecular weight excluding hydrogens is 311 g/mol. The zero-order chi connectivity index (χ0) is 16.4. The van der Waals surface area contributed by atoms with E-state index in [1.165, 1.54) is 18.2 Å². The summed E-state index contributed by atoms with van der Waals surface area (Å²) in [6.07, 6.45) is -5.08. The van der Waals surface area contributed by atoms with Crippen LogP contribution in [-0.4, -0.2) is 33.0 Å². The number of tetrazole rings is 1. The molecule has 0 aliphatic rings. The van der Waals surface area contributed by atoms with Gasteiger partial charge in [0.1, 0.15) is 5.75 Å². The first-order valence-electron chi connectivity index (χ1n) is 6.24. The van der Waals surface area contributed by atoms with E-state index in [1.54, 1.807) is 6.07 Å². The third-order valence-corrected chi connectivity index (χ3v) is 2.64. The van der Waals surface area contributed by atoms with Crippen LogP contribution >= 0.6 is 0 Å². The second-order valence-corrected chi connectivity index (χ2v) is 4.33. The molecule has 1 heterocycles. The van der Waals surface area contributed by atoms with Gasteiger partial charge in [0.2, 0.25) is 5.82 Å². The Morgan fingerprint density at radius 2 is 1.91 bits per heavy atom. The number of hydrogen-bond acceptors (Lipinski definition) is 4. The van der Waals surface area contributed by atoms with Crippen LogP contribution in [-0.2, 0) is 5.92 Å². The van der Waals surface area contributed by atoms with Crippen LogP contribution in [0.2, 0.25) is 0 Å². The van der Waals surface area contributed by atoms with E-state index in [9.17, 15) is 22.0 Å². The van der Waals surface area contributed by atoms with Crippen molar-refractivity contribution in [2.24, 2.45) is 0 Å². The fourth-order valence-electron chi connectivity index (χ4n) is 1.61. The number of rotatable bonds is 5. The van der Waals surface area contributed by atoms with Gasteiger partial charge in [-0.15, -0.1) is 5.10 Å². The fraction of sp³-hybridized carbons (Fsp3) is 0.417. The first kappa shape index (κ1) is 16.1. The van der Waals surface area contributed by atoms with Crippen LogP contribution in [0.1, 0.15) is 19.2 Å². The van der Waals surface area contributed by atoms with Crippen LogP contribution in [0, 0.1) is 0 Å². The Labute approximate surface area is 121 Å². The summed E-state index contributed by atoms with van der Waals surface area (Å²) in [5.74, 6) is -6.46. The van der Waals surface area contributed by atoms with E-state index in [1.807, 2.05) is 6.92 Å². The molecule has 0 bridgehead atoms. The van der Waals surface area contributed by atoms with Crippen molar-refractivity contribution in [2.75, 3.05) is 6.61 Å². The predicted octanol–water partition coefficient (Wildman–Crippen LogP) is 3.11. The molecule has 0 amide bonds. The van der Waals surface area contributed by atoms with Gasteiger partial charge in [0.05, 0.1) is 12.3 Å². The number of alkyl halides is 5. The molecule has 10 heteroatoms. The minimum absolute atomic E-state index is 0.0578. The van der Waals surface area contributed by atoms with Gasteiger partial charge in [-0.25, -0.2) is 0 Å². The van der Waals surface area contributed by atoms with Gasteiger partial charge < -0.3 is 4.74 Å². The monoisotopic (exact) mass is 322 g/mol. The maximum Gasteiger partial charge on any atom is 0.461 e. The Balaban J connectivity index is 2.42. The molecule has 1 aromatic heterocycles. The Bertz CT molecular complexity index is 640. The highest BCUT2D eigenvalue weighted by Gasteiger charge is 2.62. The SMILES string of the molecule is CCCOc1cccc(-n2nnnc2C(F)(F)C(F)(F)F)c1. The van der Waals surface area contributed by atoms with E-state index in [0.29, 0.717) is 23.5 Å². The van der Waals surface area contributed by atoms with E-state index in [4.69, 9.17) is 4.74 Å². The molecule has 0 atom stereocenters. The lowest BCUT2D eigenvalue weighted by molar-refractivity contribution is -0.293. The molecule has 5 nitrogen and oxygen atoms in total. The normalized spacial score (nSPS) is 12.5. The molecule has 0 radical (unpaired) electrons. The van der Waals surface area contributed by atoms with Crippen molar-refractivity contribution >= 4 is 0 Å². The summed E-state index contributed by atoms with van der Waals surface area (Å²) in [4.78, 5) is 0. The van der Waals surface area contributed by atoms with Gasteiger partial charge in [0.25, 0.3) is 0 Å². The third kappa shape index (κ3) is 3.00. The highest BCUT2D eigenvalue weighted by molar-refractivity contribution is 5.39. The topological polar surface area (TPSA) is 52.8 Å². The molecule has 2 rings (SSSR count).